The van der Waals surface area contributed by atoms with Crippen molar-refractivity contribution in [2.45, 2.75) is 6.92 Å². The number of nitrogens with one attached hydrogen (secondary N) is 1. The molecule has 4 heteroatoms. The molecule has 0 heterocycles. The van der Waals surface area contributed by atoms with Crippen LogP contribution in [0.15, 0.2) is 18.2 Å². The first-order valence-corrected chi connectivity index (χ1v) is 4.88. The molecule has 2 nitrogen and oxygen atoms in total. The van der Waals surface area contributed by atoms with Crippen molar-refractivity contribution < 1.29 is 9.13 Å². The van der Waals surface area contributed by atoms with Crippen molar-refractivity contribution in [3.05, 3.63) is 29.0 Å². The first kappa shape index (κ1) is 11.3. The maximum atomic E-state index is 13.1. The highest BCUT2D eigenvalue weighted by molar-refractivity contribution is 6.30. The van der Waals surface area contributed by atoms with E-state index in [1.165, 1.54) is 12.1 Å². The summed E-state index contributed by atoms with van der Waals surface area (Å²) in [5.41, 5.74) is 0.414. The minimum Gasteiger partial charge on any atom is -0.380 e. The van der Waals surface area contributed by atoms with E-state index in [0.717, 1.165) is 0 Å². The minimum absolute atomic E-state index is 0.300. The van der Waals surface area contributed by atoms with Crippen molar-refractivity contribution in [3.8, 4) is 0 Å². The standard InChI is InChI=1S/C10H13ClFNO/c1-2-14-6-5-13-10-7-8(11)3-4-9(10)12/h3-4,7,13H,2,5-6H2,1H3. The molecule has 14 heavy (non-hydrogen) atoms. The van der Waals surface area contributed by atoms with Crippen molar-refractivity contribution in [1.29, 1.82) is 0 Å². The number of halogens is 2. The molecule has 0 aliphatic rings. The molecule has 0 aliphatic heterocycles. The molecule has 0 bridgehead atoms. The second-order valence-electron chi connectivity index (χ2n) is 2.75. The van der Waals surface area contributed by atoms with Gasteiger partial charge in [0.25, 0.3) is 0 Å². The summed E-state index contributed by atoms with van der Waals surface area (Å²) in [4.78, 5) is 0. The highest BCUT2D eigenvalue weighted by Gasteiger charge is 2.01. The van der Waals surface area contributed by atoms with Crippen LogP contribution in [0, 0.1) is 5.82 Å². The third kappa shape index (κ3) is 3.52. The summed E-state index contributed by atoms with van der Waals surface area (Å²) in [6, 6.07) is 4.42. The summed E-state index contributed by atoms with van der Waals surface area (Å²) in [6.07, 6.45) is 0. The molecule has 1 aromatic rings. The Bertz CT molecular complexity index is 293. The van der Waals surface area contributed by atoms with E-state index in [9.17, 15) is 4.39 Å². The molecule has 0 radical (unpaired) electrons. The largest absolute Gasteiger partial charge is 0.380 e. The summed E-state index contributed by atoms with van der Waals surface area (Å²) in [5.74, 6) is -0.300. The molecular weight excluding hydrogens is 205 g/mol. The van der Waals surface area contributed by atoms with Gasteiger partial charge in [-0.25, -0.2) is 4.39 Å². The summed E-state index contributed by atoms with van der Waals surface area (Å²) >= 11 is 5.72. The third-order valence-electron chi connectivity index (χ3n) is 1.69. The zero-order valence-corrected chi connectivity index (χ0v) is 8.77. The van der Waals surface area contributed by atoms with Gasteiger partial charge in [0.2, 0.25) is 0 Å². The molecule has 0 saturated heterocycles. The molecule has 0 fully saturated rings. The van der Waals surface area contributed by atoms with E-state index in [1.54, 1.807) is 6.07 Å². The van der Waals surface area contributed by atoms with Crippen LogP contribution < -0.4 is 5.32 Å². The molecule has 0 aliphatic carbocycles. The summed E-state index contributed by atoms with van der Waals surface area (Å²) in [5, 5.41) is 3.42. The van der Waals surface area contributed by atoms with E-state index in [-0.39, 0.29) is 5.82 Å². The Morgan fingerprint density at radius 3 is 3.00 bits per heavy atom. The maximum Gasteiger partial charge on any atom is 0.146 e. The number of anilines is 1. The van der Waals surface area contributed by atoms with Gasteiger partial charge in [0.1, 0.15) is 5.82 Å². The lowest BCUT2D eigenvalue weighted by atomic mass is 10.3. The lowest BCUT2D eigenvalue weighted by Crippen LogP contribution is -2.10. The monoisotopic (exact) mass is 217 g/mol. The van der Waals surface area contributed by atoms with Gasteiger partial charge in [0.15, 0.2) is 0 Å². The average Bonchev–Trinajstić information content (AvgIpc) is 2.18. The van der Waals surface area contributed by atoms with Crippen LogP contribution in [0.3, 0.4) is 0 Å². The lowest BCUT2D eigenvalue weighted by Gasteiger charge is -2.07. The van der Waals surface area contributed by atoms with Gasteiger partial charge in [0.05, 0.1) is 12.3 Å². The molecule has 0 unspecified atom stereocenters. The van der Waals surface area contributed by atoms with E-state index < -0.39 is 0 Å². The minimum atomic E-state index is -0.300. The highest BCUT2D eigenvalue weighted by atomic mass is 35.5. The second-order valence-corrected chi connectivity index (χ2v) is 3.18. The molecule has 1 aromatic carbocycles. The van der Waals surface area contributed by atoms with Gasteiger partial charge in [-0.2, -0.15) is 0 Å². The van der Waals surface area contributed by atoms with Crippen LogP contribution in [0.4, 0.5) is 10.1 Å². The lowest BCUT2D eigenvalue weighted by molar-refractivity contribution is 0.158. The van der Waals surface area contributed by atoms with Gasteiger partial charge in [-0.3, -0.25) is 0 Å². The number of rotatable bonds is 5. The van der Waals surface area contributed by atoms with Gasteiger partial charge >= 0.3 is 0 Å². The predicted octanol–water partition coefficient (Wildman–Crippen LogP) is 2.93. The maximum absolute atomic E-state index is 13.1. The van der Waals surface area contributed by atoms with E-state index in [4.69, 9.17) is 16.3 Å². The molecule has 0 atom stereocenters. The van der Waals surface area contributed by atoms with Crippen LogP contribution >= 0.6 is 11.6 Å². The van der Waals surface area contributed by atoms with Crippen LogP contribution in [0.25, 0.3) is 0 Å². The molecule has 1 N–H and O–H groups in total. The Morgan fingerprint density at radius 1 is 1.50 bits per heavy atom. The fraction of sp³-hybridized carbons (Fsp3) is 0.400. The topological polar surface area (TPSA) is 21.3 Å². The SMILES string of the molecule is CCOCCNc1cc(Cl)ccc1F. The van der Waals surface area contributed by atoms with Gasteiger partial charge in [-0.05, 0) is 25.1 Å². The second kappa shape index (κ2) is 5.83. The zero-order chi connectivity index (χ0) is 10.4. The number of hydrogen-bond acceptors (Lipinski definition) is 2. The molecule has 0 spiro atoms. The van der Waals surface area contributed by atoms with E-state index >= 15 is 0 Å². The summed E-state index contributed by atoms with van der Waals surface area (Å²) in [7, 11) is 0. The van der Waals surface area contributed by atoms with E-state index in [1.807, 2.05) is 6.92 Å². The number of ether oxygens (including phenoxy) is 1. The molecular formula is C10H13ClFNO. The van der Waals surface area contributed by atoms with Crippen LogP contribution in [-0.2, 0) is 4.74 Å². The van der Waals surface area contributed by atoms with Gasteiger partial charge in [0, 0.05) is 18.2 Å². The van der Waals surface area contributed by atoms with Crippen LogP contribution in [-0.4, -0.2) is 19.8 Å². The van der Waals surface area contributed by atoms with Crippen LogP contribution in [0.2, 0.25) is 5.02 Å². The third-order valence-corrected chi connectivity index (χ3v) is 1.93. The smallest absolute Gasteiger partial charge is 0.146 e. The summed E-state index contributed by atoms with van der Waals surface area (Å²) < 4.78 is 18.2. The molecule has 78 valence electrons. The van der Waals surface area contributed by atoms with Crippen LogP contribution in [0.5, 0.6) is 0 Å². The van der Waals surface area contributed by atoms with Crippen LogP contribution in [0.1, 0.15) is 6.92 Å². The Labute approximate surface area is 88.0 Å². The fourth-order valence-electron chi connectivity index (χ4n) is 1.04. The van der Waals surface area contributed by atoms with Crippen molar-refractivity contribution >= 4 is 17.3 Å². The Kier molecular flexibility index (Phi) is 4.70. The predicted molar refractivity (Wildman–Crippen MR) is 56.4 cm³/mol. The molecule has 0 amide bonds. The molecule has 0 saturated carbocycles. The van der Waals surface area contributed by atoms with Gasteiger partial charge in [-0.15, -0.1) is 0 Å². The van der Waals surface area contributed by atoms with E-state index in [2.05, 4.69) is 5.32 Å². The summed E-state index contributed by atoms with van der Waals surface area (Å²) in [6.45, 7) is 3.72. The molecule has 1 rings (SSSR count). The van der Waals surface area contributed by atoms with Crippen molar-refractivity contribution in [3.63, 3.8) is 0 Å². The van der Waals surface area contributed by atoms with E-state index in [0.29, 0.717) is 30.5 Å². The van der Waals surface area contributed by atoms with Gasteiger partial charge in [-0.1, -0.05) is 11.6 Å². The average molecular weight is 218 g/mol. The van der Waals surface area contributed by atoms with Gasteiger partial charge < -0.3 is 10.1 Å². The number of benzene rings is 1. The Hall–Kier alpha value is -0.800. The fourth-order valence-corrected chi connectivity index (χ4v) is 1.21. The number of hydrogen-bond donors (Lipinski definition) is 1. The Morgan fingerprint density at radius 2 is 2.29 bits per heavy atom. The van der Waals surface area contributed by atoms with Crippen molar-refractivity contribution in [1.82, 2.24) is 0 Å². The quantitative estimate of drug-likeness (QED) is 0.766. The highest BCUT2D eigenvalue weighted by Crippen LogP contribution is 2.18. The van der Waals surface area contributed by atoms with Crippen molar-refractivity contribution in [2.24, 2.45) is 0 Å². The first-order valence-electron chi connectivity index (χ1n) is 4.50. The Balaban J connectivity index is 2.45. The molecule has 0 aromatic heterocycles. The zero-order valence-electron chi connectivity index (χ0n) is 8.02. The normalized spacial score (nSPS) is 10.2. The first-order chi connectivity index (χ1) is 6.74. The van der Waals surface area contributed by atoms with Crippen molar-refractivity contribution in [2.75, 3.05) is 25.1 Å².